The van der Waals surface area contributed by atoms with E-state index < -0.39 is 0 Å². The SMILES string of the molecule is CCc1nc2ccccc2n1-c1c2ccccc2c(-c2ccc(-c3ccncc3)cc2)c2ccccc12. The van der Waals surface area contributed by atoms with E-state index in [2.05, 4.69) is 126 Å². The number of pyridine rings is 1. The molecule has 0 fully saturated rings. The molecule has 0 unspecified atom stereocenters. The maximum atomic E-state index is 5.00. The number of para-hydroxylation sites is 2. The molecule has 0 bridgehead atoms. The van der Waals surface area contributed by atoms with Gasteiger partial charge in [-0.25, -0.2) is 4.98 Å². The summed E-state index contributed by atoms with van der Waals surface area (Å²) in [6.45, 7) is 2.18. The molecule has 3 heteroatoms. The van der Waals surface area contributed by atoms with Gasteiger partial charge in [0.15, 0.2) is 0 Å². The van der Waals surface area contributed by atoms with Crippen LogP contribution in [0.15, 0.2) is 122 Å². The fourth-order valence-corrected chi connectivity index (χ4v) is 5.59. The molecule has 0 aliphatic carbocycles. The van der Waals surface area contributed by atoms with Crippen molar-refractivity contribution >= 4 is 32.6 Å². The lowest BCUT2D eigenvalue weighted by Gasteiger charge is -2.19. The van der Waals surface area contributed by atoms with Gasteiger partial charge in [0, 0.05) is 29.6 Å². The Balaban J connectivity index is 1.55. The van der Waals surface area contributed by atoms with Gasteiger partial charge in [0.1, 0.15) is 5.82 Å². The van der Waals surface area contributed by atoms with Gasteiger partial charge >= 0.3 is 0 Å². The summed E-state index contributed by atoms with van der Waals surface area (Å²) in [7, 11) is 0. The molecule has 7 rings (SSSR count). The van der Waals surface area contributed by atoms with E-state index >= 15 is 0 Å². The van der Waals surface area contributed by atoms with Crippen LogP contribution in [0.25, 0.3) is 60.5 Å². The van der Waals surface area contributed by atoms with Crippen molar-refractivity contribution in [3.05, 3.63) is 127 Å². The molecule has 2 aromatic heterocycles. The lowest BCUT2D eigenvalue weighted by molar-refractivity contribution is 0.917. The number of aromatic nitrogens is 3. The Morgan fingerprint density at radius 2 is 1.11 bits per heavy atom. The average Bonchev–Trinajstić information content (AvgIpc) is 3.35. The highest BCUT2D eigenvalue weighted by atomic mass is 15.1. The normalized spacial score (nSPS) is 11.5. The summed E-state index contributed by atoms with van der Waals surface area (Å²) >= 11 is 0. The van der Waals surface area contributed by atoms with Crippen molar-refractivity contribution in [2.24, 2.45) is 0 Å². The first-order chi connectivity index (χ1) is 18.3. The van der Waals surface area contributed by atoms with Crippen LogP contribution in [0.2, 0.25) is 0 Å². The smallest absolute Gasteiger partial charge is 0.114 e. The largest absolute Gasteiger partial charge is 0.295 e. The second kappa shape index (κ2) is 8.72. The first-order valence-corrected chi connectivity index (χ1v) is 12.7. The number of aryl methyl sites for hydroxylation is 1. The van der Waals surface area contributed by atoms with Crippen LogP contribution in [-0.2, 0) is 6.42 Å². The minimum absolute atomic E-state index is 0.857. The van der Waals surface area contributed by atoms with Crippen LogP contribution in [0, 0.1) is 0 Å². The quantitative estimate of drug-likeness (QED) is 0.239. The zero-order chi connectivity index (χ0) is 24.8. The molecule has 0 N–H and O–H groups in total. The van der Waals surface area contributed by atoms with Crippen LogP contribution in [0.4, 0.5) is 0 Å². The monoisotopic (exact) mass is 475 g/mol. The molecule has 0 aliphatic heterocycles. The van der Waals surface area contributed by atoms with Crippen LogP contribution in [0.3, 0.4) is 0 Å². The highest BCUT2D eigenvalue weighted by Crippen LogP contribution is 2.42. The lowest BCUT2D eigenvalue weighted by Crippen LogP contribution is -2.03. The van der Waals surface area contributed by atoms with Crippen molar-refractivity contribution < 1.29 is 0 Å². The van der Waals surface area contributed by atoms with Crippen molar-refractivity contribution in [1.29, 1.82) is 0 Å². The minimum atomic E-state index is 0.857. The third kappa shape index (κ3) is 3.43. The van der Waals surface area contributed by atoms with Gasteiger partial charge in [0.05, 0.1) is 16.7 Å². The maximum Gasteiger partial charge on any atom is 0.114 e. The van der Waals surface area contributed by atoms with E-state index in [-0.39, 0.29) is 0 Å². The van der Waals surface area contributed by atoms with Crippen LogP contribution < -0.4 is 0 Å². The fraction of sp³-hybridized carbons (Fsp3) is 0.0588. The van der Waals surface area contributed by atoms with Crippen molar-refractivity contribution in [1.82, 2.24) is 14.5 Å². The van der Waals surface area contributed by atoms with Gasteiger partial charge in [-0.3, -0.25) is 9.55 Å². The Hall–Kier alpha value is -4.76. The van der Waals surface area contributed by atoms with Crippen molar-refractivity contribution in [3.63, 3.8) is 0 Å². The summed E-state index contributed by atoms with van der Waals surface area (Å²) < 4.78 is 2.37. The Morgan fingerprint density at radius 1 is 0.568 bits per heavy atom. The molecule has 0 aliphatic rings. The number of fused-ring (bicyclic) bond motifs is 3. The molecule has 0 saturated carbocycles. The van der Waals surface area contributed by atoms with Crippen LogP contribution in [0.1, 0.15) is 12.7 Å². The van der Waals surface area contributed by atoms with Crippen molar-refractivity contribution in [2.75, 3.05) is 0 Å². The molecule has 0 atom stereocenters. The van der Waals surface area contributed by atoms with Crippen LogP contribution >= 0.6 is 0 Å². The van der Waals surface area contributed by atoms with Crippen LogP contribution in [-0.4, -0.2) is 14.5 Å². The van der Waals surface area contributed by atoms with Crippen molar-refractivity contribution in [3.8, 4) is 27.9 Å². The predicted octanol–water partition coefficient (Wildman–Crippen LogP) is 8.62. The van der Waals surface area contributed by atoms with E-state index in [1.807, 2.05) is 12.4 Å². The molecular formula is C34H25N3. The molecule has 2 heterocycles. The third-order valence-corrected chi connectivity index (χ3v) is 7.26. The molecule has 37 heavy (non-hydrogen) atoms. The summed E-state index contributed by atoms with van der Waals surface area (Å²) in [6, 6.07) is 39.0. The Kier molecular flexibility index (Phi) is 5.07. The number of rotatable bonds is 4. The molecule has 0 radical (unpaired) electrons. The predicted molar refractivity (Wildman–Crippen MR) is 154 cm³/mol. The summed E-state index contributed by atoms with van der Waals surface area (Å²) in [6.07, 6.45) is 4.54. The van der Waals surface area contributed by atoms with Gasteiger partial charge in [0.2, 0.25) is 0 Å². The highest BCUT2D eigenvalue weighted by molar-refractivity contribution is 6.18. The Labute approximate surface area is 215 Å². The van der Waals surface area contributed by atoms with E-state index in [1.54, 1.807) is 0 Å². The zero-order valence-electron chi connectivity index (χ0n) is 20.6. The van der Waals surface area contributed by atoms with Crippen LogP contribution in [0.5, 0.6) is 0 Å². The molecule has 5 aromatic carbocycles. The highest BCUT2D eigenvalue weighted by Gasteiger charge is 2.20. The summed E-state index contributed by atoms with van der Waals surface area (Å²) in [5.74, 6) is 1.07. The summed E-state index contributed by atoms with van der Waals surface area (Å²) in [5, 5.41) is 4.94. The molecular weight excluding hydrogens is 450 g/mol. The summed E-state index contributed by atoms with van der Waals surface area (Å²) in [5.41, 5.74) is 8.21. The zero-order valence-corrected chi connectivity index (χ0v) is 20.6. The Bertz CT molecular complexity index is 1840. The average molecular weight is 476 g/mol. The van der Waals surface area contributed by atoms with E-state index in [9.17, 15) is 0 Å². The molecule has 176 valence electrons. The Morgan fingerprint density at radius 3 is 1.76 bits per heavy atom. The molecule has 7 aromatic rings. The number of imidazole rings is 1. The van der Waals surface area contributed by atoms with E-state index in [0.29, 0.717) is 0 Å². The van der Waals surface area contributed by atoms with Gasteiger partial charge in [-0.05, 0) is 57.3 Å². The number of hydrogen-bond donors (Lipinski definition) is 0. The maximum absolute atomic E-state index is 5.00. The summed E-state index contributed by atoms with van der Waals surface area (Å²) in [4.78, 5) is 9.16. The minimum Gasteiger partial charge on any atom is -0.295 e. The number of benzene rings is 5. The lowest BCUT2D eigenvalue weighted by atomic mass is 9.89. The molecule has 3 nitrogen and oxygen atoms in total. The first kappa shape index (κ1) is 21.5. The second-order valence-corrected chi connectivity index (χ2v) is 9.33. The second-order valence-electron chi connectivity index (χ2n) is 9.33. The standard InChI is InChI=1S/C34H25N3/c1-2-32-36-30-13-7-8-14-31(30)37(32)34-28-11-5-3-9-26(28)33(27-10-4-6-12-29(27)34)25-17-15-23(16-18-25)24-19-21-35-22-20-24/h3-22H,2H2,1H3. The molecule has 0 spiro atoms. The van der Waals surface area contributed by atoms with E-state index in [0.717, 1.165) is 23.3 Å². The molecule has 0 saturated heterocycles. The third-order valence-electron chi connectivity index (χ3n) is 7.26. The van der Waals surface area contributed by atoms with E-state index in [4.69, 9.17) is 4.98 Å². The van der Waals surface area contributed by atoms with Gasteiger partial charge in [0.25, 0.3) is 0 Å². The van der Waals surface area contributed by atoms with Gasteiger partial charge in [-0.2, -0.15) is 0 Å². The topological polar surface area (TPSA) is 30.7 Å². The number of nitrogens with zero attached hydrogens (tertiary/aromatic N) is 3. The molecule has 0 amide bonds. The van der Waals surface area contributed by atoms with Gasteiger partial charge in [-0.1, -0.05) is 91.9 Å². The first-order valence-electron chi connectivity index (χ1n) is 12.7. The van der Waals surface area contributed by atoms with Gasteiger partial charge in [-0.15, -0.1) is 0 Å². The van der Waals surface area contributed by atoms with Crippen molar-refractivity contribution in [2.45, 2.75) is 13.3 Å². The van der Waals surface area contributed by atoms with E-state index in [1.165, 1.54) is 49.5 Å². The number of hydrogen-bond acceptors (Lipinski definition) is 2. The van der Waals surface area contributed by atoms with Gasteiger partial charge < -0.3 is 0 Å². The fourth-order valence-electron chi connectivity index (χ4n) is 5.59.